The topological polar surface area (TPSA) is 43.8 Å². The summed E-state index contributed by atoms with van der Waals surface area (Å²) < 4.78 is 0. The first-order chi connectivity index (χ1) is 8.40. The lowest BCUT2D eigenvalue weighted by atomic mass is 10.2. The van der Waals surface area contributed by atoms with Crippen LogP contribution >= 0.6 is 11.3 Å². The molecule has 1 aromatic heterocycles. The van der Waals surface area contributed by atoms with E-state index in [-0.39, 0.29) is 12.6 Å². The molecule has 0 fully saturated rings. The van der Waals surface area contributed by atoms with E-state index in [4.69, 9.17) is 5.11 Å². The van der Waals surface area contributed by atoms with E-state index in [1.54, 1.807) is 11.3 Å². The normalized spacial score (nSPS) is 13.2. The number of carboxylic acids is 1. The Morgan fingerprint density at radius 1 is 1.39 bits per heavy atom. The summed E-state index contributed by atoms with van der Waals surface area (Å²) in [6.07, 6.45) is 0. The molecule has 0 aliphatic rings. The van der Waals surface area contributed by atoms with Gasteiger partial charge in [0.15, 0.2) is 0 Å². The van der Waals surface area contributed by atoms with Gasteiger partial charge in [0.05, 0.1) is 6.54 Å². The van der Waals surface area contributed by atoms with E-state index in [1.807, 2.05) is 19.0 Å². The maximum absolute atomic E-state index is 10.9. The molecular formula is C13H22N2O2S. The van der Waals surface area contributed by atoms with Crippen molar-refractivity contribution in [3.05, 3.63) is 21.9 Å². The van der Waals surface area contributed by atoms with Crippen LogP contribution in [0.25, 0.3) is 0 Å². The first kappa shape index (κ1) is 15.1. The predicted octanol–water partition coefficient (Wildman–Crippen LogP) is 2.07. The molecule has 1 atom stereocenters. The van der Waals surface area contributed by atoms with Gasteiger partial charge in [0.1, 0.15) is 0 Å². The van der Waals surface area contributed by atoms with E-state index in [0.717, 1.165) is 13.1 Å². The molecule has 18 heavy (non-hydrogen) atoms. The van der Waals surface area contributed by atoms with Gasteiger partial charge in [-0.3, -0.25) is 9.69 Å². The van der Waals surface area contributed by atoms with E-state index >= 15 is 0 Å². The third-order valence-electron chi connectivity index (χ3n) is 2.89. The van der Waals surface area contributed by atoms with Crippen molar-refractivity contribution in [2.75, 3.05) is 33.7 Å². The van der Waals surface area contributed by atoms with Gasteiger partial charge in [-0.15, -0.1) is 11.3 Å². The summed E-state index contributed by atoms with van der Waals surface area (Å²) >= 11 is 1.74. The molecule has 1 N–H and O–H groups in total. The van der Waals surface area contributed by atoms with Crippen LogP contribution in [0.1, 0.15) is 22.7 Å². The van der Waals surface area contributed by atoms with E-state index in [9.17, 15) is 4.79 Å². The van der Waals surface area contributed by atoms with Crippen LogP contribution in [0.2, 0.25) is 0 Å². The Balaban J connectivity index is 2.71. The standard InChI is InChI=1S/C13H22N2O2S/c1-10-5-6-12(18-10)11(2)15(9-13(16)17)8-7-14(3)4/h5-6,11H,7-9H2,1-4H3,(H,16,17). The molecule has 4 nitrogen and oxygen atoms in total. The van der Waals surface area contributed by atoms with E-state index in [2.05, 4.69) is 30.9 Å². The smallest absolute Gasteiger partial charge is 0.317 e. The fourth-order valence-corrected chi connectivity index (χ4v) is 2.73. The number of thiophene rings is 1. The number of carbonyl (C=O) groups is 1. The molecule has 1 heterocycles. The van der Waals surface area contributed by atoms with Crippen LogP contribution < -0.4 is 0 Å². The molecule has 0 radical (unpaired) electrons. The minimum Gasteiger partial charge on any atom is -0.480 e. The maximum atomic E-state index is 10.9. The molecule has 5 heteroatoms. The molecule has 0 saturated carbocycles. The zero-order valence-corrected chi connectivity index (χ0v) is 12.3. The highest BCUT2D eigenvalue weighted by atomic mass is 32.1. The fourth-order valence-electron chi connectivity index (χ4n) is 1.77. The number of hydrogen-bond acceptors (Lipinski definition) is 4. The lowest BCUT2D eigenvalue weighted by Gasteiger charge is -2.28. The summed E-state index contributed by atoms with van der Waals surface area (Å²) in [4.78, 5) is 17.5. The van der Waals surface area contributed by atoms with Crippen molar-refractivity contribution in [3.8, 4) is 0 Å². The number of aryl methyl sites for hydroxylation is 1. The molecule has 0 aromatic carbocycles. The Bertz CT molecular complexity index is 390. The van der Waals surface area contributed by atoms with Crippen LogP contribution in [0.4, 0.5) is 0 Å². The second-order valence-electron chi connectivity index (χ2n) is 4.79. The molecule has 1 rings (SSSR count). The molecule has 0 bridgehead atoms. The highest BCUT2D eigenvalue weighted by Gasteiger charge is 2.19. The summed E-state index contributed by atoms with van der Waals surface area (Å²) in [7, 11) is 4.00. The number of likely N-dealkylation sites (N-methyl/N-ethyl adjacent to an activating group) is 1. The summed E-state index contributed by atoms with van der Waals surface area (Å²) in [6, 6.07) is 4.33. The molecule has 0 aliphatic carbocycles. The second-order valence-corrected chi connectivity index (χ2v) is 6.11. The lowest BCUT2D eigenvalue weighted by Crippen LogP contribution is -2.37. The van der Waals surface area contributed by atoms with Crippen LogP contribution in [-0.4, -0.2) is 54.6 Å². The van der Waals surface area contributed by atoms with Crippen molar-refractivity contribution in [3.63, 3.8) is 0 Å². The lowest BCUT2D eigenvalue weighted by molar-refractivity contribution is -0.138. The molecule has 1 aromatic rings. The monoisotopic (exact) mass is 270 g/mol. The highest BCUT2D eigenvalue weighted by molar-refractivity contribution is 7.12. The van der Waals surface area contributed by atoms with Gasteiger partial charge in [-0.1, -0.05) is 0 Å². The van der Waals surface area contributed by atoms with Crippen LogP contribution in [0.15, 0.2) is 12.1 Å². The zero-order chi connectivity index (χ0) is 13.7. The van der Waals surface area contributed by atoms with Gasteiger partial charge in [-0.25, -0.2) is 0 Å². The van der Waals surface area contributed by atoms with Crippen molar-refractivity contribution < 1.29 is 9.90 Å². The quantitative estimate of drug-likeness (QED) is 0.823. The maximum Gasteiger partial charge on any atom is 0.317 e. The Hall–Kier alpha value is -0.910. The molecule has 0 saturated heterocycles. The number of rotatable bonds is 7. The van der Waals surface area contributed by atoms with Crippen LogP contribution in [0.5, 0.6) is 0 Å². The second kappa shape index (κ2) is 6.87. The fraction of sp³-hybridized carbons (Fsp3) is 0.615. The predicted molar refractivity (Wildman–Crippen MR) is 75.2 cm³/mol. The summed E-state index contributed by atoms with van der Waals surface area (Å²) in [6.45, 7) is 5.86. The van der Waals surface area contributed by atoms with Crippen molar-refractivity contribution >= 4 is 17.3 Å². The summed E-state index contributed by atoms with van der Waals surface area (Å²) in [5.41, 5.74) is 0. The zero-order valence-electron chi connectivity index (χ0n) is 11.5. The van der Waals surface area contributed by atoms with Gasteiger partial charge >= 0.3 is 5.97 Å². The van der Waals surface area contributed by atoms with Gasteiger partial charge in [-0.05, 0) is 40.1 Å². The van der Waals surface area contributed by atoms with Gasteiger partial charge in [0, 0.05) is 28.9 Å². The SMILES string of the molecule is Cc1ccc(C(C)N(CCN(C)C)CC(=O)O)s1. The third kappa shape index (κ3) is 4.76. The van der Waals surface area contributed by atoms with Crippen LogP contribution in [0, 0.1) is 6.92 Å². The first-order valence-corrected chi connectivity index (χ1v) is 6.88. The Kier molecular flexibility index (Phi) is 5.78. The number of carboxylic acid groups (broad SMARTS) is 1. The minimum atomic E-state index is -0.770. The summed E-state index contributed by atoms with van der Waals surface area (Å²) in [5, 5.41) is 9.00. The van der Waals surface area contributed by atoms with Crippen molar-refractivity contribution in [2.24, 2.45) is 0 Å². The number of hydrogen-bond donors (Lipinski definition) is 1. The van der Waals surface area contributed by atoms with Crippen LogP contribution in [0.3, 0.4) is 0 Å². The average molecular weight is 270 g/mol. The average Bonchev–Trinajstić information content (AvgIpc) is 2.69. The Morgan fingerprint density at radius 3 is 2.50 bits per heavy atom. The molecular weight excluding hydrogens is 248 g/mol. The largest absolute Gasteiger partial charge is 0.480 e. The molecule has 0 aliphatic heterocycles. The van der Waals surface area contributed by atoms with Crippen molar-refractivity contribution in [1.82, 2.24) is 9.80 Å². The first-order valence-electron chi connectivity index (χ1n) is 6.07. The third-order valence-corrected chi connectivity index (χ3v) is 4.06. The Labute approximate surface area is 113 Å². The Morgan fingerprint density at radius 2 is 2.06 bits per heavy atom. The molecule has 0 amide bonds. The van der Waals surface area contributed by atoms with Gasteiger partial charge in [0.25, 0.3) is 0 Å². The van der Waals surface area contributed by atoms with Gasteiger partial charge in [-0.2, -0.15) is 0 Å². The van der Waals surface area contributed by atoms with E-state index in [1.165, 1.54) is 9.75 Å². The molecule has 102 valence electrons. The number of aliphatic carboxylic acids is 1. The molecule has 0 spiro atoms. The van der Waals surface area contributed by atoms with Gasteiger partial charge in [0.2, 0.25) is 0 Å². The minimum absolute atomic E-state index is 0.0892. The van der Waals surface area contributed by atoms with Crippen molar-refractivity contribution in [1.29, 1.82) is 0 Å². The number of nitrogens with zero attached hydrogens (tertiary/aromatic N) is 2. The summed E-state index contributed by atoms with van der Waals surface area (Å²) in [5.74, 6) is -0.770. The molecule has 1 unspecified atom stereocenters. The van der Waals surface area contributed by atoms with Gasteiger partial charge < -0.3 is 10.0 Å². The van der Waals surface area contributed by atoms with Crippen LogP contribution in [-0.2, 0) is 4.79 Å². The highest BCUT2D eigenvalue weighted by Crippen LogP contribution is 2.26. The van der Waals surface area contributed by atoms with E-state index < -0.39 is 5.97 Å². The van der Waals surface area contributed by atoms with Crippen molar-refractivity contribution in [2.45, 2.75) is 19.9 Å². The van der Waals surface area contributed by atoms with E-state index in [0.29, 0.717) is 0 Å².